The molecule has 0 radical (unpaired) electrons. The van der Waals surface area contributed by atoms with E-state index < -0.39 is 0 Å². The van der Waals surface area contributed by atoms with Crippen molar-refractivity contribution in [1.29, 1.82) is 0 Å². The van der Waals surface area contributed by atoms with E-state index in [9.17, 15) is 0 Å². The fraction of sp³-hybridized carbons (Fsp3) is 0.250. The molecule has 1 aromatic carbocycles. The molecule has 0 spiro atoms. The minimum atomic E-state index is -0.0944. The highest BCUT2D eigenvalue weighted by atomic mass is 35.5. The molecule has 1 rings (SSSR count). The third-order valence-electron chi connectivity index (χ3n) is 1.47. The fourth-order valence-corrected chi connectivity index (χ4v) is 1.23. The number of phenolic OH excluding ortho intramolecular Hbond substituents is 1. The predicted molar refractivity (Wildman–Crippen MR) is 45.7 cm³/mol. The number of hydrogen-bond donors (Lipinski definition) is 2. The normalized spacial score (nSPS) is 13.0. The summed E-state index contributed by atoms with van der Waals surface area (Å²) in [5.41, 5.74) is 6.45. The summed E-state index contributed by atoms with van der Waals surface area (Å²) in [5.74, 6) is 0.166. The summed E-state index contributed by atoms with van der Waals surface area (Å²) in [4.78, 5) is 0. The predicted octanol–water partition coefficient (Wildman–Crippen LogP) is 2.07. The number of phenols is 1. The lowest BCUT2D eigenvalue weighted by Crippen LogP contribution is -2.04. The van der Waals surface area contributed by atoms with Crippen LogP contribution in [0.2, 0.25) is 5.02 Å². The number of benzene rings is 1. The molecule has 0 aliphatic carbocycles. The summed E-state index contributed by atoms with van der Waals surface area (Å²) < 4.78 is 0. The first kappa shape index (κ1) is 8.37. The first-order chi connectivity index (χ1) is 5.11. The molecule has 2 nitrogen and oxygen atoms in total. The van der Waals surface area contributed by atoms with Gasteiger partial charge < -0.3 is 10.8 Å². The van der Waals surface area contributed by atoms with Gasteiger partial charge in [-0.3, -0.25) is 0 Å². The topological polar surface area (TPSA) is 46.2 Å². The monoisotopic (exact) mass is 171 g/mol. The van der Waals surface area contributed by atoms with E-state index in [1.165, 1.54) is 6.07 Å². The van der Waals surface area contributed by atoms with Crippen LogP contribution in [0.1, 0.15) is 18.5 Å². The van der Waals surface area contributed by atoms with Crippen molar-refractivity contribution in [2.75, 3.05) is 0 Å². The molecule has 11 heavy (non-hydrogen) atoms. The SMILES string of the molecule is C[C@@H](N)c1ccc(O)cc1Cl. The minimum Gasteiger partial charge on any atom is -0.508 e. The summed E-state index contributed by atoms with van der Waals surface area (Å²) >= 11 is 5.78. The molecule has 0 saturated carbocycles. The summed E-state index contributed by atoms with van der Waals surface area (Å²) in [6.45, 7) is 1.85. The van der Waals surface area contributed by atoms with Gasteiger partial charge in [-0.25, -0.2) is 0 Å². The zero-order valence-corrected chi connectivity index (χ0v) is 6.97. The van der Waals surface area contributed by atoms with E-state index in [-0.39, 0.29) is 11.8 Å². The molecular formula is C8H10ClNO. The molecule has 1 atom stereocenters. The zero-order valence-electron chi connectivity index (χ0n) is 6.21. The highest BCUT2D eigenvalue weighted by Gasteiger charge is 2.04. The van der Waals surface area contributed by atoms with Gasteiger partial charge in [0.2, 0.25) is 0 Å². The van der Waals surface area contributed by atoms with Crippen LogP contribution in [0.3, 0.4) is 0 Å². The average molecular weight is 172 g/mol. The number of rotatable bonds is 1. The first-order valence-electron chi connectivity index (χ1n) is 3.35. The number of halogens is 1. The van der Waals surface area contributed by atoms with Crippen LogP contribution in [0.25, 0.3) is 0 Å². The van der Waals surface area contributed by atoms with Gasteiger partial charge in [0.1, 0.15) is 5.75 Å². The Hall–Kier alpha value is -0.730. The van der Waals surface area contributed by atoms with Crippen LogP contribution < -0.4 is 5.73 Å². The Bertz CT molecular complexity index is 260. The lowest BCUT2D eigenvalue weighted by molar-refractivity contribution is 0.475. The minimum absolute atomic E-state index is 0.0944. The molecule has 3 heteroatoms. The molecular weight excluding hydrogens is 162 g/mol. The molecule has 1 aromatic rings. The van der Waals surface area contributed by atoms with Crippen molar-refractivity contribution >= 4 is 11.6 Å². The Morgan fingerprint density at radius 1 is 1.55 bits per heavy atom. The molecule has 0 amide bonds. The molecule has 0 unspecified atom stereocenters. The average Bonchev–Trinajstić information content (AvgIpc) is 1.85. The van der Waals surface area contributed by atoms with Crippen molar-refractivity contribution in [3.63, 3.8) is 0 Å². The molecule has 60 valence electrons. The van der Waals surface area contributed by atoms with Gasteiger partial charge in [0, 0.05) is 11.1 Å². The van der Waals surface area contributed by atoms with E-state index >= 15 is 0 Å². The molecule has 0 fully saturated rings. The van der Waals surface area contributed by atoms with Gasteiger partial charge in [0.05, 0.1) is 0 Å². The standard InChI is InChI=1S/C8H10ClNO/c1-5(10)7-3-2-6(11)4-8(7)9/h2-5,11H,10H2,1H3/t5-/m1/s1. The van der Waals surface area contributed by atoms with Gasteiger partial charge >= 0.3 is 0 Å². The lowest BCUT2D eigenvalue weighted by atomic mass is 10.1. The fourth-order valence-electron chi connectivity index (χ4n) is 0.885. The highest BCUT2D eigenvalue weighted by Crippen LogP contribution is 2.24. The van der Waals surface area contributed by atoms with Crippen LogP contribution in [0, 0.1) is 0 Å². The van der Waals surface area contributed by atoms with Crippen LogP contribution in [0.4, 0.5) is 0 Å². The van der Waals surface area contributed by atoms with E-state index in [1.54, 1.807) is 12.1 Å². The first-order valence-corrected chi connectivity index (χ1v) is 3.73. The third kappa shape index (κ3) is 1.85. The summed E-state index contributed by atoms with van der Waals surface area (Å²) in [5, 5.41) is 9.51. The maximum Gasteiger partial charge on any atom is 0.117 e. The van der Waals surface area contributed by atoms with E-state index in [2.05, 4.69) is 0 Å². The van der Waals surface area contributed by atoms with Gasteiger partial charge in [-0.15, -0.1) is 0 Å². The number of aromatic hydroxyl groups is 1. The van der Waals surface area contributed by atoms with Crippen molar-refractivity contribution in [2.45, 2.75) is 13.0 Å². The molecule has 3 N–H and O–H groups in total. The second-order valence-electron chi connectivity index (χ2n) is 2.49. The summed E-state index contributed by atoms with van der Waals surface area (Å²) in [6, 6.07) is 4.69. The van der Waals surface area contributed by atoms with Crippen LogP contribution in [0.5, 0.6) is 5.75 Å². The molecule has 0 bridgehead atoms. The largest absolute Gasteiger partial charge is 0.508 e. The highest BCUT2D eigenvalue weighted by molar-refractivity contribution is 6.31. The van der Waals surface area contributed by atoms with Crippen molar-refractivity contribution in [2.24, 2.45) is 5.73 Å². The number of nitrogens with two attached hydrogens (primary N) is 1. The van der Waals surface area contributed by atoms with E-state index in [0.29, 0.717) is 5.02 Å². The maximum atomic E-state index is 8.99. The maximum absolute atomic E-state index is 8.99. The van der Waals surface area contributed by atoms with Gasteiger partial charge in [-0.05, 0) is 24.6 Å². The van der Waals surface area contributed by atoms with E-state index in [0.717, 1.165) is 5.56 Å². The van der Waals surface area contributed by atoms with Gasteiger partial charge in [-0.2, -0.15) is 0 Å². The molecule has 0 aliphatic heterocycles. The number of hydrogen-bond acceptors (Lipinski definition) is 2. The van der Waals surface area contributed by atoms with Crippen molar-refractivity contribution in [3.8, 4) is 5.75 Å². The Labute approximate surface area is 70.6 Å². The Morgan fingerprint density at radius 3 is 2.64 bits per heavy atom. The van der Waals surface area contributed by atoms with E-state index in [1.807, 2.05) is 6.92 Å². The summed E-state index contributed by atoms with van der Waals surface area (Å²) in [6.07, 6.45) is 0. The van der Waals surface area contributed by atoms with Crippen LogP contribution >= 0.6 is 11.6 Å². The van der Waals surface area contributed by atoms with Crippen LogP contribution in [-0.2, 0) is 0 Å². The van der Waals surface area contributed by atoms with Gasteiger partial charge in [-0.1, -0.05) is 17.7 Å². The molecule has 0 saturated heterocycles. The van der Waals surface area contributed by atoms with Crippen molar-refractivity contribution < 1.29 is 5.11 Å². The Morgan fingerprint density at radius 2 is 2.18 bits per heavy atom. The lowest BCUT2D eigenvalue weighted by Gasteiger charge is -2.07. The quantitative estimate of drug-likeness (QED) is 0.680. The zero-order chi connectivity index (χ0) is 8.43. The van der Waals surface area contributed by atoms with Crippen LogP contribution in [-0.4, -0.2) is 5.11 Å². The molecule has 0 aliphatic rings. The Kier molecular flexibility index (Phi) is 2.37. The molecule has 0 heterocycles. The second kappa shape index (κ2) is 3.11. The van der Waals surface area contributed by atoms with Crippen molar-refractivity contribution in [3.05, 3.63) is 28.8 Å². The van der Waals surface area contributed by atoms with Crippen LogP contribution in [0.15, 0.2) is 18.2 Å². The van der Waals surface area contributed by atoms with Crippen molar-refractivity contribution in [1.82, 2.24) is 0 Å². The third-order valence-corrected chi connectivity index (χ3v) is 1.80. The second-order valence-corrected chi connectivity index (χ2v) is 2.90. The summed E-state index contributed by atoms with van der Waals surface area (Å²) in [7, 11) is 0. The van der Waals surface area contributed by atoms with Gasteiger partial charge in [0.25, 0.3) is 0 Å². The molecule has 0 aromatic heterocycles. The van der Waals surface area contributed by atoms with E-state index in [4.69, 9.17) is 22.4 Å². The van der Waals surface area contributed by atoms with Gasteiger partial charge in [0.15, 0.2) is 0 Å². The smallest absolute Gasteiger partial charge is 0.117 e. The Balaban J connectivity index is 3.09.